The van der Waals surface area contributed by atoms with E-state index in [1.54, 1.807) is 14.2 Å². The molecule has 1 aliphatic heterocycles. The van der Waals surface area contributed by atoms with Gasteiger partial charge in [-0.15, -0.1) is 0 Å². The van der Waals surface area contributed by atoms with Crippen molar-refractivity contribution in [2.45, 2.75) is 19.4 Å². The minimum absolute atomic E-state index is 0.111. The number of sulfonamides is 1. The molecule has 9 heteroatoms. The number of nitrogens with zero attached hydrogens (tertiary/aromatic N) is 2. The molecule has 1 heterocycles. The summed E-state index contributed by atoms with van der Waals surface area (Å²) in [7, 11) is -0.0110. The molecule has 1 fully saturated rings. The van der Waals surface area contributed by atoms with Gasteiger partial charge in [-0.1, -0.05) is 0 Å². The van der Waals surface area contributed by atoms with Gasteiger partial charge in [0, 0.05) is 25.2 Å². The summed E-state index contributed by atoms with van der Waals surface area (Å²) in [6.07, 6.45) is 1.93. The Hall–Kier alpha value is -1.84. The van der Waals surface area contributed by atoms with Crippen molar-refractivity contribution in [3.63, 3.8) is 0 Å². The van der Waals surface area contributed by atoms with Crippen LogP contribution in [0.3, 0.4) is 0 Å². The molecule has 27 heavy (non-hydrogen) atoms. The third-order valence-corrected chi connectivity index (χ3v) is 5.97. The first-order valence-corrected chi connectivity index (χ1v) is 10.8. The number of methoxy groups -OCH3 is 2. The van der Waals surface area contributed by atoms with Crippen molar-refractivity contribution in [3.8, 4) is 11.5 Å². The molecule has 0 bridgehead atoms. The fraction of sp³-hybridized carbons (Fsp3) is 0.611. The van der Waals surface area contributed by atoms with Crippen LogP contribution in [0, 0.1) is 0 Å². The SMILES string of the molecule is COc1ccc(OC)c([C@H](C)NC(=O)CN2CCCN(S(C)(=O)=O)CC2)c1. The summed E-state index contributed by atoms with van der Waals surface area (Å²) in [4.78, 5) is 14.5. The van der Waals surface area contributed by atoms with Crippen molar-refractivity contribution in [2.75, 3.05) is 53.2 Å². The molecule has 152 valence electrons. The molecule has 2 rings (SSSR count). The maximum Gasteiger partial charge on any atom is 0.234 e. The molecule has 0 aliphatic carbocycles. The number of ether oxygens (including phenoxy) is 2. The zero-order valence-corrected chi connectivity index (χ0v) is 17.2. The Labute approximate surface area is 161 Å². The largest absolute Gasteiger partial charge is 0.497 e. The van der Waals surface area contributed by atoms with Crippen molar-refractivity contribution >= 4 is 15.9 Å². The lowest BCUT2D eigenvalue weighted by molar-refractivity contribution is -0.122. The van der Waals surface area contributed by atoms with Gasteiger partial charge < -0.3 is 14.8 Å². The summed E-state index contributed by atoms with van der Waals surface area (Å²) in [6, 6.07) is 5.22. The number of hydrogen-bond acceptors (Lipinski definition) is 6. The van der Waals surface area contributed by atoms with E-state index >= 15 is 0 Å². The van der Waals surface area contributed by atoms with Crippen LogP contribution in [0.1, 0.15) is 24.9 Å². The Morgan fingerprint density at radius 2 is 1.93 bits per heavy atom. The highest BCUT2D eigenvalue weighted by Crippen LogP contribution is 2.29. The molecule has 0 saturated carbocycles. The number of carbonyl (C=O) groups excluding carboxylic acids is 1. The lowest BCUT2D eigenvalue weighted by Gasteiger charge is -2.22. The Kier molecular flexibility index (Phi) is 7.46. The molecule has 1 aromatic carbocycles. The van der Waals surface area contributed by atoms with Gasteiger partial charge in [0.15, 0.2) is 0 Å². The molecular weight excluding hydrogens is 370 g/mol. The molecule has 0 aromatic heterocycles. The predicted octanol–water partition coefficient (Wildman–Crippen LogP) is 0.848. The average Bonchev–Trinajstić information content (AvgIpc) is 2.86. The van der Waals surface area contributed by atoms with Gasteiger partial charge >= 0.3 is 0 Å². The van der Waals surface area contributed by atoms with E-state index in [4.69, 9.17) is 9.47 Å². The van der Waals surface area contributed by atoms with Crippen LogP contribution in [0.4, 0.5) is 0 Å². The molecule has 1 saturated heterocycles. The number of carbonyl (C=O) groups is 1. The summed E-state index contributed by atoms with van der Waals surface area (Å²) in [5, 5.41) is 2.98. The topological polar surface area (TPSA) is 88.2 Å². The molecule has 1 aliphatic rings. The number of amides is 1. The van der Waals surface area contributed by atoms with Gasteiger partial charge in [-0.25, -0.2) is 12.7 Å². The molecule has 1 atom stereocenters. The van der Waals surface area contributed by atoms with Crippen LogP contribution in [0.2, 0.25) is 0 Å². The fourth-order valence-corrected chi connectivity index (χ4v) is 4.06. The van der Waals surface area contributed by atoms with E-state index in [1.807, 2.05) is 30.0 Å². The molecule has 8 nitrogen and oxygen atoms in total. The second kappa shape index (κ2) is 9.38. The third-order valence-electron chi connectivity index (χ3n) is 4.66. The standard InChI is InChI=1S/C18H29N3O5S/c1-14(16-12-15(25-2)6-7-17(16)26-3)19-18(22)13-20-8-5-9-21(11-10-20)27(4,23)24/h6-7,12,14H,5,8-11,13H2,1-4H3,(H,19,22)/t14-/m0/s1. The van der Waals surface area contributed by atoms with E-state index in [0.717, 1.165) is 5.56 Å². The second-order valence-corrected chi connectivity index (χ2v) is 8.67. The van der Waals surface area contributed by atoms with Crippen LogP contribution in [0.25, 0.3) is 0 Å². The summed E-state index contributed by atoms with van der Waals surface area (Å²) in [5.74, 6) is 1.27. The highest BCUT2D eigenvalue weighted by atomic mass is 32.2. The van der Waals surface area contributed by atoms with Crippen LogP contribution in [0.5, 0.6) is 11.5 Å². The normalized spacial score (nSPS) is 17.8. The summed E-state index contributed by atoms with van der Waals surface area (Å²) in [5.41, 5.74) is 0.837. The van der Waals surface area contributed by atoms with Crippen molar-refractivity contribution in [1.82, 2.24) is 14.5 Å². The van der Waals surface area contributed by atoms with Crippen LogP contribution in [0.15, 0.2) is 18.2 Å². The number of nitrogens with one attached hydrogen (secondary N) is 1. The second-order valence-electron chi connectivity index (χ2n) is 6.69. The summed E-state index contributed by atoms with van der Waals surface area (Å²) < 4.78 is 35.5. The number of benzene rings is 1. The smallest absolute Gasteiger partial charge is 0.234 e. The Morgan fingerprint density at radius 1 is 1.19 bits per heavy atom. The molecule has 0 spiro atoms. The van der Waals surface area contributed by atoms with Crippen molar-refractivity contribution in [3.05, 3.63) is 23.8 Å². The van der Waals surface area contributed by atoms with Gasteiger partial charge in [0.25, 0.3) is 0 Å². The molecule has 0 unspecified atom stereocenters. The minimum atomic E-state index is -3.19. The Morgan fingerprint density at radius 3 is 2.56 bits per heavy atom. The van der Waals surface area contributed by atoms with E-state index in [2.05, 4.69) is 5.32 Å². The van der Waals surface area contributed by atoms with Crippen LogP contribution < -0.4 is 14.8 Å². The summed E-state index contributed by atoms with van der Waals surface area (Å²) in [6.45, 7) is 4.25. The summed E-state index contributed by atoms with van der Waals surface area (Å²) >= 11 is 0. The fourth-order valence-electron chi connectivity index (χ4n) is 3.18. The first-order chi connectivity index (χ1) is 12.7. The van der Waals surface area contributed by atoms with E-state index in [9.17, 15) is 13.2 Å². The number of rotatable bonds is 7. The van der Waals surface area contributed by atoms with Gasteiger partial charge in [0.05, 0.1) is 33.1 Å². The van der Waals surface area contributed by atoms with Gasteiger partial charge in [-0.2, -0.15) is 0 Å². The third kappa shape index (κ3) is 6.08. The highest BCUT2D eigenvalue weighted by molar-refractivity contribution is 7.88. The first kappa shape index (κ1) is 21.5. The average molecular weight is 400 g/mol. The minimum Gasteiger partial charge on any atom is -0.497 e. The van der Waals surface area contributed by atoms with Crippen molar-refractivity contribution in [1.29, 1.82) is 0 Å². The quantitative estimate of drug-likeness (QED) is 0.731. The van der Waals surface area contributed by atoms with Gasteiger partial charge in [0.2, 0.25) is 15.9 Å². The van der Waals surface area contributed by atoms with Gasteiger partial charge in [-0.3, -0.25) is 9.69 Å². The Bertz CT molecular complexity index is 753. The highest BCUT2D eigenvalue weighted by Gasteiger charge is 2.23. The molecule has 1 N–H and O–H groups in total. The lowest BCUT2D eigenvalue weighted by atomic mass is 10.1. The van der Waals surface area contributed by atoms with Crippen LogP contribution in [-0.2, 0) is 14.8 Å². The van der Waals surface area contributed by atoms with Crippen molar-refractivity contribution in [2.24, 2.45) is 0 Å². The maximum atomic E-state index is 12.5. The van der Waals surface area contributed by atoms with Gasteiger partial charge in [0.1, 0.15) is 11.5 Å². The molecule has 1 aromatic rings. The number of hydrogen-bond donors (Lipinski definition) is 1. The van der Waals surface area contributed by atoms with Gasteiger partial charge in [-0.05, 0) is 38.1 Å². The van der Waals surface area contributed by atoms with E-state index in [1.165, 1.54) is 10.6 Å². The van der Waals surface area contributed by atoms with E-state index in [-0.39, 0.29) is 18.5 Å². The molecular formula is C18H29N3O5S. The van der Waals surface area contributed by atoms with Crippen molar-refractivity contribution < 1.29 is 22.7 Å². The zero-order chi connectivity index (χ0) is 20.0. The first-order valence-electron chi connectivity index (χ1n) is 8.93. The van der Waals surface area contributed by atoms with Crippen LogP contribution in [-0.4, -0.2) is 76.7 Å². The predicted molar refractivity (Wildman–Crippen MR) is 104 cm³/mol. The van der Waals surface area contributed by atoms with E-state index < -0.39 is 10.0 Å². The molecule has 0 radical (unpaired) electrons. The Balaban J connectivity index is 1.95. The molecule has 1 amide bonds. The van der Waals surface area contributed by atoms with E-state index in [0.29, 0.717) is 44.1 Å². The maximum absolute atomic E-state index is 12.5. The lowest BCUT2D eigenvalue weighted by Crippen LogP contribution is -2.40. The van der Waals surface area contributed by atoms with Crippen LogP contribution >= 0.6 is 0 Å². The zero-order valence-electron chi connectivity index (χ0n) is 16.4. The monoisotopic (exact) mass is 399 g/mol.